The Labute approximate surface area is 307 Å². The molecule has 6 N–H and O–H groups in total. The second-order valence-electron chi connectivity index (χ2n) is 14.0. The first kappa shape index (κ1) is 48.9. The topological polar surface area (TPSA) is 151 Å². The minimum atomic E-state index is -4.40. The predicted molar refractivity (Wildman–Crippen MR) is 209 cm³/mol. The Balaban J connectivity index is 4.40. The molecule has 296 valence electrons. The van der Waals surface area contributed by atoms with Crippen LogP contribution in [0.25, 0.3) is 0 Å². The number of nitrogens with one attached hydrogen (secondary N) is 1. The fourth-order valence-corrected chi connectivity index (χ4v) is 6.69. The second-order valence-corrected chi connectivity index (χ2v) is 15.5. The van der Waals surface area contributed by atoms with Gasteiger partial charge in [-0.05, 0) is 44.9 Å². The molecule has 10 heteroatoms. The second kappa shape index (κ2) is 36.3. The van der Waals surface area contributed by atoms with Crippen LogP contribution in [0.2, 0.25) is 0 Å². The van der Waals surface area contributed by atoms with Crippen molar-refractivity contribution in [3.05, 3.63) is 24.3 Å². The van der Waals surface area contributed by atoms with Crippen molar-refractivity contribution in [2.45, 2.75) is 205 Å². The number of aliphatic hydroxyl groups excluding tert-OH is 2. The van der Waals surface area contributed by atoms with E-state index >= 15 is 0 Å². The minimum Gasteiger partial charge on any atom is -0.393 e. The van der Waals surface area contributed by atoms with Crippen LogP contribution in [0.4, 0.5) is 0 Å². The van der Waals surface area contributed by atoms with Gasteiger partial charge in [-0.1, -0.05) is 160 Å². The van der Waals surface area contributed by atoms with Crippen LogP contribution in [0.5, 0.6) is 0 Å². The molecule has 0 fully saturated rings. The molecule has 9 nitrogen and oxygen atoms in total. The first-order valence-corrected chi connectivity index (χ1v) is 22.0. The van der Waals surface area contributed by atoms with Crippen molar-refractivity contribution in [2.75, 3.05) is 19.8 Å². The van der Waals surface area contributed by atoms with Crippen molar-refractivity contribution in [1.82, 2.24) is 5.32 Å². The summed E-state index contributed by atoms with van der Waals surface area (Å²) in [6.07, 6.45) is 36.8. The zero-order chi connectivity index (χ0) is 37.0. The SMILES string of the molecule is CCCCCCCCC/C=C\CCCCCC(O)CC(=O)NC(COP(=O)(O)OCCN)C(O)/C=C/CCCCCCCCCCCCCC. The standard InChI is InChI=1S/C40H79N2O7P/c1-3-5-7-9-11-13-15-17-19-21-23-25-27-29-31-37(43)35-40(45)42-38(36-49-50(46,47)48-34-33-41)39(44)32-30-28-26-24-22-20-18-16-14-12-10-8-6-4-2/h19,21,30,32,37-39,43-44H,3-18,20,22-29,31,33-36,41H2,1-2H3,(H,42,45)(H,46,47)/b21-19-,32-30+. The van der Waals surface area contributed by atoms with Crippen molar-refractivity contribution >= 4 is 13.7 Å². The van der Waals surface area contributed by atoms with Gasteiger partial charge in [-0.15, -0.1) is 0 Å². The Hall–Kier alpha value is -1.06. The summed E-state index contributed by atoms with van der Waals surface area (Å²) in [6.45, 7) is 3.95. The third-order valence-corrected chi connectivity index (χ3v) is 10.1. The number of carbonyl (C=O) groups excluding carboxylic acids is 1. The smallest absolute Gasteiger partial charge is 0.393 e. The van der Waals surface area contributed by atoms with Crippen molar-refractivity contribution in [2.24, 2.45) is 5.73 Å². The van der Waals surface area contributed by atoms with E-state index in [0.717, 1.165) is 51.4 Å². The first-order chi connectivity index (χ1) is 24.3. The zero-order valence-electron chi connectivity index (χ0n) is 32.3. The lowest BCUT2D eigenvalue weighted by Gasteiger charge is -2.24. The number of rotatable bonds is 38. The van der Waals surface area contributed by atoms with Gasteiger partial charge < -0.3 is 26.2 Å². The molecule has 0 aliphatic rings. The normalized spacial score (nSPS) is 15.1. The molecule has 4 atom stereocenters. The van der Waals surface area contributed by atoms with E-state index in [9.17, 15) is 24.5 Å². The molecule has 0 aliphatic carbocycles. The molecule has 0 rings (SSSR count). The van der Waals surface area contributed by atoms with Crippen LogP contribution in [0.15, 0.2) is 24.3 Å². The Morgan fingerprint density at radius 3 is 1.60 bits per heavy atom. The Bertz CT molecular complexity index is 858. The lowest BCUT2D eigenvalue weighted by Crippen LogP contribution is -2.46. The van der Waals surface area contributed by atoms with Gasteiger partial charge in [-0.2, -0.15) is 0 Å². The Morgan fingerprint density at radius 2 is 1.12 bits per heavy atom. The maximum atomic E-state index is 12.8. The van der Waals surface area contributed by atoms with E-state index in [0.29, 0.717) is 6.42 Å². The summed E-state index contributed by atoms with van der Waals surface area (Å²) < 4.78 is 22.0. The molecule has 0 spiro atoms. The van der Waals surface area contributed by atoms with Crippen LogP contribution >= 0.6 is 7.82 Å². The number of phosphoric acid groups is 1. The van der Waals surface area contributed by atoms with Crippen LogP contribution < -0.4 is 11.1 Å². The number of allylic oxidation sites excluding steroid dienone is 3. The molecule has 1 amide bonds. The summed E-state index contributed by atoms with van der Waals surface area (Å²) in [5.41, 5.74) is 5.35. The first-order valence-electron chi connectivity index (χ1n) is 20.5. The molecule has 0 saturated heterocycles. The summed E-state index contributed by atoms with van der Waals surface area (Å²) in [5.74, 6) is -0.455. The lowest BCUT2D eigenvalue weighted by atomic mass is 10.0. The van der Waals surface area contributed by atoms with Gasteiger partial charge in [0.1, 0.15) is 0 Å². The van der Waals surface area contributed by atoms with Gasteiger partial charge in [0.2, 0.25) is 5.91 Å². The van der Waals surface area contributed by atoms with E-state index in [1.165, 1.54) is 109 Å². The van der Waals surface area contributed by atoms with E-state index in [1.807, 2.05) is 6.08 Å². The van der Waals surface area contributed by atoms with E-state index < -0.39 is 38.6 Å². The number of nitrogens with two attached hydrogens (primary N) is 1. The molecule has 0 saturated carbocycles. The van der Waals surface area contributed by atoms with Gasteiger partial charge in [-0.25, -0.2) is 4.57 Å². The molecule has 0 heterocycles. The summed E-state index contributed by atoms with van der Waals surface area (Å²) in [7, 11) is -4.40. The molecule has 4 unspecified atom stereocenters. The number of carbonyl (C=O) groups is 1. The Kier molecular flexibility index (Phi) is 35.5. The average molecular weight is 731 g/mol. The Morgan fingerprint density at radius 1 is 0.680 bits per heavy atom. The fraction of sp³-hybridized carbons (Fsp3) is 0.875. The third kappa shape index (κ3) is 34.0. The maximum Gasteiger partial charge on any atom is 0.472 e. The summed E-state index contributed by atoms with van der Waals surface area (Å²) in [4.78, 5) is 22.7. The highest BCUT2D eigenvalue weighted by atomic mass is 31.2. The number of aliphatic hydroxyl groups is 2. The number of hydrogen-bond acceptors (Lipinski definition) is 7. The van der Waals surface area contributed by atoms with Crippen molar-refractivity contribution in [3.8, 4) is 0 Å². The monoisotopic (exact) mass is 731 g/mol. The quantitative estimate of drug-likeness (QED) is 0.0239. The molecular formula is C40H79N2O7P. The van der Waals surface area contributed by atoms with Crippen LogP contribution in [0.1, 0.15) is 187 Å². The highest BCUT2D eigenvalue weighted by Gasteiger charge is 2.27. The van der Waals surface area contributed by atoms with Gasteiger partial charge >= 0.3 is 7.82 Å². The number of unbranched alkanes of at least 4 members (excludes halogenated alkanes) is 22. The number of phosphoric ester groups is 1. The van der Waals surface area contributed by atoms with E-state index in [4.69, 9.17) is 14.8 Å². The van der Waals surface area contributed by atoms with Gasteiger partial charge in [-0.3, -0.25) is 13.8 Å². The average Bonchev–Trinajstić information content (AvgIpc) is 3.09. The van der Waals surface area contributed by atoms with E-state index in [1.54, 1.807) is 6.08 Å². The molecule has 0 aromatic carbocycles. The third-order valence-electron chi connectivity index (χ3n) is 9.08. The van der Waals surface area contributed by atoms with Crippen LogP contribution in [-0.4, -0.2) is 59.0 Å². The van der Waals surface area contributed by atoms with Crippen LogP contribution in [-0.2, 0) is 18.4 Å². The molecule has 0 aromatic heterocycles. The number of hydrogen-bond donors (Lipinski definition) is 5. The van der Waals surface area contributed by atoms with Gasteiger partial charge in [0.15, 0.2) is 0 Å². The molecule has 0 aliphatic heterocycles. The molecule has 0 radical (unpaired) electrons. The molecule has 50 heavy (non-hydrogen) atoms. The summed E-state index contributed by atoms with van der Waals surface area (Å²) >= 11 is 0. The molecule has 0 aromatic rings. The lowest BCUT2D eigenvalue weighted by molar-refractivity contribution is -0.124. The fourth-order valence-electron chi connectivity index (χ4n) is 5.93. The van der Waals surface area contributed by atoms with E-state index in [-0.39, 0.29) is 19.6 Å². The number of amides is 1. The van der Waals surface area contributed by atoms with E-state index in [2.05, 4.69) is 31.3 Å². The van der Waals surface area contributed by atoms with Crippen molar-refractivity contribution in [3.63, 3.8) is 0 Å². The maximum absolute atomic E-state index is 12.8. The van der Waals surface area contributed by atoms with Crippen molar-refractivity contribution in [1.29, 1.82) is 0 Å². The zero-order valence-corrected chi connectivity index (χ0v) is 33.1. The summed E-state index contributed by atoms with van der Waals surface area (Å²) in [5, 5.41) is 24.0. The highest BCUT2D eigenvalue weighted by molar-refractivity contribution is 7.47. The van der Waals surface area contributed by atoms with Gasteiger partial charge in [0.05, 0.1) is 37.9 Å². The summed E-state index contributed by atoms with van der Waals surface area (Å²) in [6, 6.07) is -0.984. The van der Waals surface area contributed by atoms with Gasteiger partial charge in [0.25, 0.3) is 0 Å². The highest BCUT2D eigenvalue weighted by Crippen LogP contribution is 2.43. The van der Waals surface area contributed by atoms with Gasteiger partial charge in [0, 0.05) is 6.54 Å². The molecular weight excluding hydrogens is 651 g/mol. The minimum absolute atomic E-state index is 0.0481. The van der Waals surface area contributed by atoms with Crippen LogP contribution in [0, 0.1) is 0 Å². The molecule has 0 bridgehead atoms. The largest absolute Gasteiger partial charge is 0.472 e. The van der Waals surface area contributed by atoms with Crippen LogP contribution in [0.3, 0.4) is 0 Å². The van der Waals surface area contributed by atoms with Crippen molar-refractivity contribution < 1.29 is 33.5 Å². The predicted octanol–water partition coefficient (Wildman–Crippen LogP) is 9.97.